The van der Waals surface area contributed by atoms with Crippen LogP contribution in [0, 0.1) is 0 Å². The lowest BCUT2D eigenvalue weighted by molar-refractivity contribution is -0.219. The molecule has 0 spiro atoms. The Morgan fingerprint density at radius 1 is 1.67 bits per heavy atom. The molecule has 2 amide bonds. The first-order chi connectivity index (χ1) is 8.49. The van der Waals surface area contributed by atoms with E-state index in [4.69, 9.17) is 5.11 Å². The van der Waals surface area contributed by atoms with E-state index in [1.165, 1.54) is 11.9 Å². The number of hydrogen-bond acceptors (Lipinski definition) is 4. The van der Waals surface area contributed by atoms with Crippen LogP contribution in [0.25, 0.3) is 0 Å². The maximum atomic E-state index is 12.9. The molecule has 1 fully saturated rings. The highest BCUT2D eigenvalue weighted by atomic mass is 19.1. The van der Waals surface area contributed by atoms with Gasteiger partial charge in [-0.2, -0.15) is 5.06 Å². The molecule has 2 rings (SSSR count). The Balaban J connectivity index is 0.000000771. The van der Waals surface area contributed by atoms with Gasteiger partial charge < -0.3 is 15.7 Å². The lowest BCUT2D eigenvalue weighted by Gasteiger charge is -2.20. The van der Waals surface area contributed by atoms with Crippen LogP contribution >= 0.6 is 0 Å². The highest BCUT2D eigenvalue weighted by molar-refractivity contribution is 5.78. The number of carboxylic acids is 1. The minimum absolute atomic E-state index is 0.404. The van der Waals surface area contributed by atoms with Crippen LogP contribution in [0.3, 0.4) is 0 Å². The second-order valence-corrected chi connectivity index (χ2v) is 3.83. The number of alkyl halides is 1. The summed E-state index contributed by atoms with van der Waals surface area (Å²) in [7, 11) is 1.50. The summed E-state index contributed by atoms with van der Waals surface area (Å²) in [6.07, 6.45) is -0.742. The topological polar surface area (TPSA) is 96.1 Å². The highest BCUT2D eigenvalue weighted by Crippen LogP contribution is 2.25. The number of carbonyl (C=O) groups excluding carboxylic acids is 1. The van der Waals surface area contributed by atoms with Gasteiger partial charge in [0.25, 0.3) is 0 Å². The quantitative estimate of drug-likeness (QED) is 0.694. The number of rotatable bonds is 3. The van der Waals surface area contributed by atoms with Crippen molar-refractivity contribution in [1.29, 1.82) is 0 Å². The minimum atomic E-state index is -2.52. The molecule has 7 nitrogen and oxygen atoms in total. The molecule has 0 aromatic rings. The Kier molecular flexibility index (Phi) is 4.62. The van der Waals surface area contributed by atoms with Crippen molar-refractivity contribution in [3.63, 3.8) is 0 Å². The van der Waals surface area contributed by atoms with Crippen LogP contribution < -0.4 is 5.73 Å². The van der Waals surface area contributed by atoms with Gasteiger partial charge in [0.1, 0.15) is 0 Å². The second kappa shape index (κ2) is 5.78. The van der Waals surface area contributed by atoms with Crippen molar-refractivity contribution in [3.05, 3.63) is 11.6 Å². The summed E-state index contributed by atoms with van der Waals surface area (Å²) in [6.45, 7) is 2.72. The molecule has 1 saturated heterocycles. The third kappa shape index (κ3) is 2.77. The van der Waals surface area contributed by atoms with Crippen molar-refractivity contribution >= 4 is 12.0 Å². The van der Waals surface area contributed by atoms with Crippen LogP contribution in [-0.4, -0.2) is 59.6 Å². The Morgan fingerprint density at radius 3 is 2.83 bits per heavy atom. The van der Waals surface area contributed by atoms with Crippen LogP contribution in [0.4, 0.5) is 9.18 Å². The number of amides is 2. The zero-order valence-corrected chi connectivity index (χ0v) is 10.2. The van der Waals surface area contributed by atoms with E-state index in [-0.39, 0.29) is 0 Å². The summed E-state index contributed by atoms with van der Waals surface area (Å²) in [6, 6.07) is -0.902. The molecule has 2 atom stereocenters. The molecule has 2 bridgehead atoms. The first kappa shape index (κ1) is 14.4. The van der Waals surface area contributed by atoms with Gasteiger partial charge in [-0.25, -0.2) is 18.8 Å². The van der Waals surface area contributed by atoms with Gasteiger partial charge in [-0.15, -0.1) is 0 Å². The molecule has 102 valence electrons. The monoisotopic (exact) mass is 261 g/mol. The number of carbonyl (C=O) groups is 2. The SMILES string of the molecule is CC1=CC2CN(C1)C(=O)N2OC(F)C(=O)O.CN. The molecule has 18 heavy (non-hydrogen) atoms. The van der Waals surface area contributed by atoms with E-state index in [1.54, 1.807) is 6.08 Å². The van der Waals surface area contributed by atoms with Crippen LogP contribution in [0.15, 0.2) is 11.6 Å². The molecule has 0 aromatic carbocycles. The van der Waals surface area contributed by atoms with Gasteiger partial charge in [0.2, 0.25) is 0 Å². The summed E-state index contributed by atoms with van der Waals surface area (Å²) >= 11 is 0. The first-order valence-corrected chi connectivity index (χ1v) is 5.36. The van der Waals surface area contributed by atoms with E-state index in [0.717, 1.165) is 10.6 Å². The predicted molar refractivity (Wildman–Crippen MR) is 60.1 cm³/mol. The smallest absolute Gasteiger partial charge is 0.368 e. The van der Waals surface area contributed by atoms with Crippen molar-refractivity contribution in [2.24, 2.45) is 5.73 Å². The maximum absolute atomic E-state index is 12.9. The summed E-state index contributed by atoms with van der Waals surface area (Å²) in [5, 5.41) is 9.14. The summed E-state index contributed by atoms with van der Waals surface area (Å²) < 4.78 is 12.9. The molecule has 0 saturated carbocycles. The predicted octanol–water partition coefficient (Wildman–Crippen LogP) is -0.0608. The molecule has 0 aromatic heterocycles. The van der Waals surface area contributed by atoms with Gasteiger partial charge in [0.15, 0.2) is 0 Å². The molecular weight excluding hydrogens is 245 g/mol. The zero-order chi connectivity index (χ0) is 13.9. The van der Waals surface area contributed by atoms with Gasteiger partial charge in [0.05, 0.1) is 6.04 Å². The molecule has 0 radical (unpaired) electrons. The highest BCUT2D eigenvalue weighted by Gasteiger charge is 2.42. The normalized spacial score (nSPS) is 23.2. The molecule has 2 aliphatic heterocycles. The summed E-state index contributed by atoms with van der Waals surface area (Å²) in [5.41, 5.74) is 5.47. The van der Waals surface area contributed by atoms with Gasteiger partial charge in [0, 0.05) is 13.1 Å². The number of urea groups is 1. The van der Waals surface area contributed by atoms with Gasteiger partial charge >= 0.3 is 18.4 Å². The van der Waals surface area contributed by atoms with Crippen LogP contribution in [0.2, 0.25) is 0 Å². The van der Waals surface area contributed by atoms with E-state index >= 15 is 0 Å². The lowest BCUT2D eigenvalue weighted by Crippen LogP contribution is -2.38. The summed E-state index contributed by atoms with van der Waals surface area (Å²) in [4.78, 5) is 27.9. The second-order valence-electron chi connectivity index (χ2n) is 3.83. The molecular formula is C10H16FN3O4. The van der Waals surface area contributed by atoms with Crippen molar-refractivity contribution in [2.75, 3.05) is 20.1 Å². The van der Waals surface area contributed by atoms with E-state index in [9.17, 15) is 14.0 Å². The Labute approximate surface area is 104 Å². The largest absolute Gasteiger partial charge is 0.477 e. The average molecular weight is 261 g/mol. The van der Waals surface area contributed by atoms with Gasteiger partial charge in [-0.3, -0.25) is 0 Å². The zero-order valence-electron chi connectivity index (χ0n) is 10.2. The number of hydrogen-bond donors (Lipinski definition) is 2. The number of aliphatic carboxylic acids is 1. The molecule has 8 heteroatoms. The number of hydroxylamine groups is 2. The number of fused-ring (bicyclic) bond motifs is 2. The molecule has 2 aliphatic rings. The minimum Gasteiger partial charge on any atom is -0.477 e. The Bertz CT molecular complexity index is 374. The fourth-order valence-corrected chi connectivity index (χ4v) is 1.86. The first-order valence-electron chi connectivity index (χ1n) is 5.36. The van der Waals surface area contributed by atoms with E-state index in [0.29, 0.717) is 13.1 Å². The third-order valence-corrected chi connectivity index (χ3v) is 2.49. The number of halogens is 1. The van der Waals surface area contributed by atoms with Crippen LogP contribution in [-0.2, 0) is 9.63 Å². The van der Waals surface area contributed by atoms with Crippen LogP contribution in [0.1, 0.15) is 6.92 Å². The molecule has 3 N–H and O–H groups in total. The Hall–Kier alpha value is -1.67. The van der Waals surface area contributed by atoms with E-state index in [2.05, 4.69) is 10.6 Å². The fourth-order valence-electron chi connectivity index (χ4n) is 1.86. The standard InChI is InChI=1S/C9H11FN2O4.CH5N/c1-5-2-6-4-11(3-5)9(15)12(6)16-7(10)8(13)14;1-2/h2,6-7H,3-4H2,1H3,(H,13,14);2H2,1H3. The van der Waals surface area contributed by atoms with Crippen molar-refractivity contribution in [3.8, 4) is 0 Å². The van der Waals surface area contributed by atoms with Crippen molar-refractivity contribution in [2.45, 2.75) is 19.3 Å². The Morgan fingerprint density at radius 2 is 2.28 bits per heavy atom. The van der Waals surface area contributed by atoms with Gasteiger partial charge in [-0.1, -0.05) is 11.6 Å². The summed E-state index contributed by atoms with van der Waals surface area (Å²) in [5.74, 6) is -1.75. The maximum Gasteiger partial charge on any atom is 0.368 e. The third-order valence-electron chi connectivity index (χ3n) is 2.49. The van der Waals surface area contributed by atoms with Crippen molar-refractivity contribution in [1.82, 2.24) is 9.96 Å². The molecule has 0 aliphatic carbocycles. The molecule has 2 heterocycles. The molecule has 2 unspecified atom stereocenters. The van der Waals surface area contributed by atoms with Gasteiger partial charge in [-0.05, 0) is 14.0 Å². The number of nitrogens with two attached hydrogens (primary N) is 1. The van der Waals surface area contributed by atoms with Crippen LogP contribution in [0.5, 0.6) is 0 Å². The average Bonchev–Trinajstić information content (AvgIpc) is 2.55. The fraction of sp³-hybridized carbons (Fsp3) is 0.600. The number of carboxylic acid groups (broad SMARTS) is 1. The van der Waals surface area contributed by atoms with E-state index in [1.807, 2.05) is 6.92 Å². The number of nitrogens with zero attached hydrogens (tertiary/aromatic N) is 2. The lowest BCUT2D eigenvalue weighted by atomic mass is 10.1. The van der Waals surface area contributed by atoms with E-state index < -0.39 is 24.4 Å². The van der Waals surface area contributed by atoms with Crippen molar-refractivity contribution < 1.29 is 23.9 Å².